The summed E-state index contributed by atoms with van der Waals surface area (Å²) in [7, 11) is 0. The van der Waals surface area contributed by atoms with Gasteiger partial charge in [-0.15, -0.1) is 0 Å². The van der Waals surface area contributed by atoms with E-state index in [1.807, 2.05) is 0 Å². The van der Waals surface area contributed by atoms with Gasteiger partial charge in [-0.25, -0.2) is 9.37 Å². The van der Waals surface area contributed by atoms with Crippen LogP contribution >= 0.6 is 11.8 Å². The summed E-state index contributed by atoms with van der Waals surface area (Å²) < 4.78 is 12.9. The van der Waals surface area contributed by atoms with Crippen LogP contribution in [-0.4, -0.2) is 27.4 Å². The van der Waals surface area contributed by atoms with E-state index in [0.29, 0.717) is 21.8 Å². The largest absolute Gasteiger partial charge is 0.322 e. The van der Waals surface area contributed by atoms with Crippen LogP contribution < -0.4 is 5.32 Å². The average Bonchev–Trinajstić information content (AvgIpc) is 2.69. The summed E-state index contributed by atoms with van der Waals surface area (Å²) in [6.45, 7) is 0. The van der Waals surface area contributed by atoms with Crippen LogP contribution in [-0.2, 0) is 0 Å². The zero-order valence-corrected chi connectivity index (χ0v) is 14.4. The smallest absolute Gasteiger partial charge is 0.257 e. The van der Waals surface area contributed by atoms with Gasteiger partial charge in [0.1, 0.15) is 5.82 Å². The lowest BCUT2D eigenvalue weighted by Crippen LogP contribution is -2.12. The third kappa shape index (κ3) is 4.73. The number of nitrogens with zero attached hydrogens (tertiary/aromatic N) is 2. The Hall–Kier alpha value is -3.06. The number of halogens is 1. The molecular formula is C19H14FN3O2S. The molecule has 0 spiro atoms. The van der Waals surface area contributed by atoms with Gasteiger partial charge in [-0.05, 0) is 48.5 Å². The summed E-state index contributed by atoms with van der Waals surface area (Å²) in [5, 5.41) is 3.30. The molecule has 2 aromatic heterocycles. The fourth-order valence-corrected chi connectivity index (χ4v) is 2.82. The number of anilines is 1. The molecule has 1 N–H and O–H groups in total. The number of amides is 1. The van der Waals surface area contributed by atoms with Crippen molar-refractivity contribution in [3.63, 3.8) is 0 Å². The minimum Gasteiger partial charge on any atom is -0.322 e. The van der Waals surface area contributed by atoms with Gasteiger partial charge >= 0.3 is 0 Å². The SMILES string of the molecule is O=C(CSc1ccc(C(=O)Nc2ccc(F)cc2)cn1)c1cccnc1. The molecule has 3 rings (SSSR count). The second-order valence-corrected chi connectivity index (χ2v) is 6.30. The number of benzene rings is 1. The molecule has 7 heteroatoms. The minimum atomic E-state index is -0.369. The van der Waals surface area contributed by atoms with E-state index in [-0.39, 0.29) is 23.3 Å². The number of ketones is 1. The third-order valence-electron chi connectivity index (χ3n) is 3.44. The van der Waals surface area contributed by atoms with Crippen molar-refractivity contribution in [1.82, 2.24) is 9.97 Å². The number of rotatable bonds is 6. The quantitative estimate of drug-likeness (QED) is 0.529. The van der Waals surface area contributed by atoms with Crippen LogP contribution in [0.25, 0.3) is 0 Å². The Bertz CT molecular complexity index is 900. The molecule has 3 aromatic rings. The van der Waals surface area contributed by atoms with Crippen molar-refractivity contribution in [1.29, 1.82) is 0 Å². The van der Waals surface area contributed by atoms with Crippen LogP contribution in [0.3, 0.4) is 0 Å². The third-order valence-corrected chi connectivity index (χ3v) is 4.38. The molecule has 0 aliphatic carbocycles. The summed E-state index contributed by atoms with van der Waals surface area (Å²) in [5.41, 5.74) is 1.42. The lowest BCUT2D eigenvalue weighted by atomic mass is 10.2. The fraction of sp³-hybridized carbons (Fsp3) is 0.0526. The number of carbonyl (C=O) groups excluding carboxylic acids is 2. The molecule has 0 bridgehead atoms. The van der Waals surface area contributed by atoms with E-state index in [4.69, 9.17) is 0 Å². The van der Waals surface area contributed by atoms with Gasteiger partial charge in [-0.1, -0.05) is 11.8 Å². The highest BCUT2D eigenvalue weighted by atomic mass is 32.2. The molecule has 0 radical (unpaired) electrons. The summed E-state index contributed by atoms with van der Waals surface area (Å²) in [4.78, 5) is 32.3. The van der Waals surface area contributed by atoms with Gasteiger partial charge in [0.15, 0.2) is 5.78 Å². The highest BCUT2D eigenvalue weighted by Crippen LogP contribution is 2.18. The molecule has 0 fully saturated rings. The van der Waals surface area contributed by atoms with E-state index in [0.717, 1.165) is 0 Å². The summed E-state index contributed by atoms with van der Waals surface area (Å²) in [6, 6.07) is 12.2. The molecule has 26 heavy (non-hydrogen) atoms. The molecule has 0 aliphatic heterocycles. The van der Waals surface area contributed by atoms with Gasteiger partial charge < -0.3 is 5.32 Å². The maximum atomic E-state index is 12.9. The number of thioether (sulfide) groups is 1. The Balaban J connectivity index is 1.57. The molecular weight excluding hydrogens is 353 g/mol. The second-order valence-electron chi connectivity index (χ2n) is 5.30. The predicted octanol–water partition coefficient (Wildman–Crippen LogP) is 3.84. The standard InChI is InChI=1S/C19H14FN3O2S/c20-15-4-6-16(7-5-15)23-19(25)14-3-8-18(22-11-14)26-12-17(24)13-2-1-9-21-10-13/h1-11H,12H2,(H,23,25). The van der Waals surface area contributed by atoms with Crippen molar-refractivity contribution in [3.8, 4) is 0 Å². The van der Waals surface area contributed by atoms with Crippen LogP contribution in [0, 0.1) is 5.82 Å². The van der Waals surface area contributed by atoms with Crippen molar-refractivity contribution in [3.05, 3.63) is 84.1 Å². The Kier molecular flexibility index (Phi) is 5.70. The Morgan fingerprint density at radius 3 is 2.46 bits per heavy atom. The molecule has 5 nitrogen and oxygen atoms in total. The average molecular weight is 367 g/mol. The lowest BCUT2D eigenvalue weighted by Gasteiger charge is -2.06. The Morgan fingerprint density at radius 2 is 1.81 bits per heavy atom. The van der Waals surface area contributed by atoms with E-state index < -0.39 is 0 Å². The zero-order chi connectivity index (χ0) is 18.4. The maximum absolute atomic E-state index is 12.9. The van der Waals surface area contributed by atoms with Gasteiger partial charge in [0.25, 0.3) is 5.91 Å². The van der Waals surface area contributed by atoms with Crippen LogP contribution in [0.4, 0.5) is 10.1 Å². The van der Waals surface area contributed by atoms with E-state index in [2.05, 4.69) is 15.3 Å². The highest BCUT2D eigenvalue weighted by molar-refractivity contribution is 7.99. The molecule has 0 saturated heterocycles. The highest BCUT2D eigenvalue weighted by Gasteiger charge is 2.09. The normalized spacial score (nSPS) is 10.3. The summed E-state index contributed by atoms with van der Waals surface area (Å²) >= 11 is 1.29. The van der Waals surface area contributed by atoms with E-state index in [1.54, 1.807) is 30.5 Å². The first-order valence-electron chi connectivity index (χ1n) is 7.71. The maximum Gasteiger partial charge on any atom is 0.257 e. The number of carbonyl (C=O) groups is 2. The van der Waals surface area contributed by atoms with Crippen molar-refractivity contribution in [2.45, 2.75) is 5.03 Å². The molecule has 0 aliphatic rings. The molecule has 0 atom stereocenters. The number of pyridine rings is 2. The number of aromatic nitrogens is 2. The van der Waals surface area contributed by atoms with Crippen LogP contribution in [0.5, 0.6) is 0 Å². The number of Topliss-reactive ketones (excluding diaryl/α,β-unsaturated/α-hetero) is 1. The van der Waals surface area contributed by atoms with Gasteiger partial charge in [0, 0.05) is 29.8 Å². The first kappa shape index (κ1) is 17.8. The lowest BCUT2D eigenvalue weighted by molar-refractivity contribution is 0.101. The monoisotopic (exact) mass is 367 g/mol. The number of nitrogens with one attached hydrogen (secondary N) is 1. The van der Waals surface area contributed by atoms with E-state index >= 15 is 0 Å². The molecule has 130 valence electrons. The van der Waals surface area contributed by atoms with Crippen molar-refractivity contribution in [2.24, 2.45) is 0 Å². The van der Waals surface area contributed by atoms with Crippen LogP contribution in [0.1, 0.15) is 20.7 Å². The van der Waals surface area contributed by atoms with Crippen molar-refractivity contribution < 1.29 is 14.0 Å². The van der Waals surface area contributed by atoms with Gasteiger partial charge in [-0.2, -0.15) is 0 Å². The minimum absolute atomic E-state index is 0.0389. The molecule has 1 aromatic carbocycles. The molecule has 1 amide bonds. The van der Waals surface area contributed by atoms with Gasteiger partial charge in [-0.3, -0.25) is 14.6 Å². The first-order chi connectivity index (χ1) is 12.6. The fourth-order valence-electron chi connectivity index (χ4n) is 2.09. The molecule has 2 heterocycles. The number of hydrogen-bond donors (Lipinski definition) is 1. The summed E-state index contributed by atoms with van der Waals surface area (Å²) in [5.74, 6) is -0.512. The number of hydrogen-bond acceptors (Lipinski definition) is 5. The van der Waals surface area contributed by atoms with E-state index in [9.17, 15) is 14.0 Å². The molecule has 0 saturated carbocycles. The zero-order valence-electron chi connectivity index (χ0n) is 13.6. The molecule has 0 unspecified atom stereocenters. The van der Waals surface area contributed by atoms with Crippen LogP contribution in [0.15, 0.2) is 72.1 Å². The van der Waals surface area contributed by atoms with E-state index in [1.165, 1.54) is 48.4 Å². The second kappa shape index (κ2) is 8.35. The van der Waals surface area contributed by atoms with Crippen LogP contribution in [0.2, 0.25) is 0 Å². The van der Waals surface area contributed by atoms with Gasteiger partial charge in [0.2, 0.25) is 0 Å². The van der Waals surface area contributed by atoms with Crippen molar-refractivity contribution in [2.75, 3.05) is 11.1 Å². The Labute approximate surface area is 153 Å². The topological polar surface area (TPSA) is 72.0 Å². The summed E-state index contributed by atoms with van der Waals surface area (Å²) in [6.07, 6.45) is 4.58. The first-order valence-corrected chi connectivity index (χ1v) is 8.69. The Morgan fingerprint density at radius 1 is 1.00 bits per heavy atom. The van der Waals surface area contributed by atoms with Crippen molar-refractivity contribution >= 4 is 29.1 Å². The van der Waals surface area contributed by atoms with Gasteiger partial charge in [0.05, 0.1) is 16.3 Å². The predicted molar refractivity (Wildman–Crippen MR) is 97.9 cm³/mol.